The molecule has 0 atom stereocenters. The number of amides is 4. The first kappa shape index (κ1) is 17.0. The second-order valence-corrected chi connectivity index (χ2v) is 4.19. The summed E-state index contributed by atoms with van der Waals surface area (Å²) in [6.45, 7) is 4.04. The number of rotatable bonds is 8. The van der Waals surface area contributed by atoms with Crippen molar-refractivity contribution in [1.82, 2.24) is 16.0 Å². The van der Waals surface area contributed by atoms with Gasteiger partial charge < -0.3 is 26.8 Å². The van der Waals surface area contributed by atoms with Crippen LogP contribution in [0.4, 0.5) is 9.59 Å². The minimum atomic E-state index is -0.942. The van der Waals surface area contributed by atoms with Crippen molar-refractivity contribution in [2.45, 2.75) is 26.7 Å². The summed E-state index contributed by atoms with van der Waals surface area (Å²) in [6, 6.07) is -1.14. The van der Waals surface area contributed by atoms with Gasteiger partial charge in [-0.2, -0.15) is 0 Å². The van der Waals surface area contributed by atoms with E-state index in [1.807, 2.05) is 0 Å². The molecule has 8 heteroatoms. The fourth-order valence-corrected chi connectivity index (χ4v) is 1.55. The molecular weight excluding hydrogens is 252 g/mol. The van der Waals surface area contributed by atoms with Crippen LogP contribution >= 0.6 is 0 Å². The monoisotopic (exact) mass is 274 g/mol. The lowest BCUT2D eigenvalue weighted by atomic mass is 9.82. The average Bonchev–Trinajstić information content (AvgIpc) is 2.36. The van der Waals surface area contributed by atoms with Crippen LogP contribution in [-0.4, -0.2) is 42.8 Å². The number of carboxylic acids is 1. The van der Waals surface area contributed by atoms with E-state index in [-0.39, 0.29) is 19.6 Å². The first-order chi connectivity index (χ1) is 8.88. The standard InChI is InChI=1S/C11H22N4O4/c1-3-11(4-2,8(16)17)7-15-10(19)14-6-5-13-9(12)18/h3-7H2,1-2H3,(H,16,17)(H3,12,13,18)(H2,14,15,19). The molecule has 4 amide bonds. The van der Waals surface area contributed by atoms with Crippen molar-refractivity contribution in [3.05, 3.63) is 0 Å². The molecule has 0 saturated carbocycles. The van der Waals surface area contributed by atoms with Crippen LogP contribution in [0.3, 0.4) is 0 Å². The highest BCUT2D eigenvalue weighted by Crippen LogP contribution is 2.25. The Morgan fingerprint density at radius 2 is 1.58 bits per heavy atom. The first-order valence-corrected chi connectivity index (χ1v) is 6.16. The van der Waals surface area contributed by atoms with Crippen molar-refractivity contribution in [2.24, 2.45) is 11.1 Å². The summed E-state index contributed by atoms with van der Waals surface area (Å²) < 4.78 is 0. The zero-order valence-electron chi connectivity index (χ0n) is 11.3. The van der Waals surface area contributed by atoms with E-state index >= 15 is 0 Å². The van der Waals surface area contributed by atoms with Gasteiger partial charge in [0.25, 0.3) is 0 Å². The second-order valence-electron chi connectivity index (χ2n) is 4.19. The lowest BCUT2D eigenvalue weighted by molar-refractivity contribution is -0.149. The third kappa shape index (κ3) is 5.94. The summed E-state index contributed by atoms with van der Waals surface area (Å²) in [4.78, 5) is 33.0. The lowest BCUT2D eigenvalue weighted by Crippen LogP contribution is -2.47. The fourth-order valence-electron chi connectivity index (χ4n) is 1.55. The van der Waals surface area contributed by atoms with Crippen LogP contribution < -0.4 is 21.7 Å². The average molecular weight is 274 g/mol. The van der Waals surface area contributed by atoms with E-state index in [9.17, 15) is 19.5 Å². The third-order valence-corrected chi connectivity index (χ3v) is 3.10. The maximum Gasteiger partial charge on any atom is 0.314 e. The topological polar surface area (TPSA) is 134 Å². The van der Waals surface area contributed by atoms with E-state index in [0.29, 0.717) is 12.8 Å². The van der Waals surface area contributed by atoms with Crippen molar-refractivity contribution in [3.8, 4) is 0 Å². The molecule has 6 N–H and O–H groups in total. The Morgan fingerprint density at radius 3 is 2.00 bits per heavy atom. The Morgan fingerprint density at radius 1 is 1.05 bits per heavy atom. The number of carbonyl (C=O) groups is 3. The summed E-state index contributed by atoms with van der Waals surface area (Å²) in [5.74, 6) is -0.923. The van der Waals surface area contributed by atoms with Crippen LogP contribution in [-0.2, 0) is 4.79 Å². The van der Waals surface area contributed by atoms with Gasteiger partial charge in [0.1, 0.15) is 0 Å². The van der Waals surface area contributed by atoms with E-state index in [0.717, 1.165) is 0 Å². The Kier molecular flexibility index (Phi) is 7.32. The van der Waals surface area contributed by atoms with Crippen molar-refractivity contribution in [3.63, 3.8) is 0 Å². The molecule has 0 bridgehead atoms. The van der Waals surface area contributed by atoms with Crippen LogP contribution in [0, 0.1) is 5.41 Å². The molecular formula is C11H22N4O4. The van der Waals surface area contributed by atoms with Gasteiger partial charge in [0.15, 0.2) is 0 Å². The Bertz CT molecular complexity index is 329. The SMILES string of the molecule is CCC(CC)(CNC(=O)NCCNC(N)=O)C(=O)O. The van der Waals surface area contributed by atoms with E-state index in [2.05, 4.69) is 16.0 Å². The molecule has 0 spiro atoms. The number of carboxylic acid groups (broad SMARTS) is 1. The highest BCUT2D eigenvalue weighted by Gasteiger charge is 2.35. The number of hydrogen-bond donors (Lipinski definition) is 5. The van der Waals surface area contributed by atoms with E-state index < -0.39 is 23.4 Å². The Labute approximate surface area is 112 Å². The Hall–Kier alpha value is -1.99. The molecule has 0 aliphatic carbocycles. The van der Waals surface area contributed by atoms with Gasteiger partial charge in [-0.15, -0.1) is 0 Å². The van der Waals surface area contributed by atoms with Gasteiger partial charge in [0.05, 0.1) is 5.41 Å². The predicted octanol–water partition coefficient (Wildman–Crippen LogP) is -0.155. The number of primary amides is 1. The van der Waals surface area contributed by atoms with E-state index in [4.69, 9.17) is 5.73 Å². The molecule has 0 fully saturated rings. The fraction of sp³-hybridized carbons (Fsp3) is 0.727. The minimum Gasteiger partial charge on any atom is -0.481 e. The molecule has 0 saturated heterocycles. The summed E-state index contributed by atoms with van der Waals surface area (Å²) in [7, 11) is 0. The summed E-state index contributed by atoms with van der Waals surface area (Å²) in [6.07, 6.45) is 0.866. The second kappa shape index (κ2) is 8.17. The molecule has 8 nitrogen and oxygen atoms in total. The third-order valence-electron chi connectivity index (χ3n) is 3.10. The van der Waals surface area contributed by atoms with Crippen LogP contribution in [0.1, 0.15) is 26.7 Å². The van der Waals surface area contributed by atoms with Gasteiger partial charge >= 0.3 is 18.0 Å². The maximum absolute atomic E-state index is 11.4. The zero-order chi connectivity index (χ0) is 14.9. The molecule has 0 aliphatic rings. The van der Waals surface area contributed by atoms with E-state index in [1.165, 1.54) is 0 Å². The molecule has 0 rings (SSSR count). The molecule has 0 radical (unpaired) electrons. The maximum atomic E-state index is 11.4. The number of aliphatic carboxylic acids is 1. The van der Waals surface area contributed by atoms with Crippen molar-refractivity contribution in [1.29, 1.82) is 0 Å². The number of carbonyl (C=O) groups excluding carboxylic acids is 2. The highest BCUT2D eigenvalue weighted by molar-refractivity contribution is 5.78. The molecule has 110 valence electrons. The predicted molar refractivity (Wildman–Crippen MR) is 69.6 cm³/mol. The molecule has 0 heterocycles. The molecule has 0 unspecified atom stereocenters. The number of hydrogen-bond acceptors (Lipinski definition) is 3. The summed E-state index contributed by atoms with van der Waals surface area (Å²) >= 11 is 0. The quantitative estimate of drug-likeness (QED) is 0.393. The molecule has 0 aromatic carbocycles. The van der Waals surface area contributed by atoms with Crippen molar-refractivity contribution < 1.29 is 19.5 Å². The van der Waals surface area contributed by atoms with Crippen LogP contribution in [0.5, 0.6) is 0 Å². The van der Waals surface area contributed by atoms with Gasteiger partial charge in [0, 0.05) is 19.6 Å². The van der Waals surface area contributed by atoms with Gasteiger partial charge in [-0.3, -0.25) is 4.79 Å². The largest absolute Gasteiger partial charge is 0.481 e. The van der Waals surface area contributed by atoms with Crippen molar-refractivity contribution >= 4 is 18.0 Å². The Balaban J connectivity index is 4.06. The summed E-state index contributed by atoms with van der Waals surface area (Å²) in [5.41, 5.74) is 3.91. The smallest absolute Gasteiger partial charge is 0.314 e. The number of nitrogens with two attached hydrogens (primary N) is 1. The van der Waals surface area contributed by atoms with Gasteiger partial charge in [-0.25, -0.2) is 9.59 Å². The highest BCUT2D eigenvalue weighted by atomic mass is 16.4. The minimum absolute atomic E-state index is 0.0599. The summed E-state index contributed by atoms with van der Waals surface area (Å²) in [5, 5.41) is 16.5. The van der Waals surface area contributed by atoms with Crippen LogP contribution in [0.25, 0.3) is 0 Å². The van der Waals surface area contributed by atoms with Gasteiger partial charge in [-0.1, -0.05) is 13.8 Å². The molecule has 0 aromatic rings. The molecule has 19 heavy (non-hydrogen) atoms. The number of urea groups is 2. The van der Waals surface area contributed by atoms with E-state index in [1.54, 1.807) is 13.8 Å². The van der Waals surface area contributed by atoms with Crippen LogP contribution in [0.15, 0.2) is 0 Å². The molecule has 0 aromatic heterocycles. The first-order valence-electron chi connectivity index (χ1n) is 6.16. The van der Waals surface area contributed by atoms with Gasteiger partial charge in [0.2, 0.25) is 0 Å². The van der Waals surface area contributed by atoms with Crippen molar-refractivity contribution in [2.75, 3.05) is 19.6 Å². The number of nitrogens with one attached hydrogen (secondary N) is 3. The lowest BCUT2D eigenvalue weighted by Gasteiger charge is -2.26. The van der Waals surface area contributed by atoms with Gasteiger partial charge in [-0.05, 0) is 12.8 Å². The normalized spacial score (nSPS) is 10.6. The molecule has 0 aliphatic heterocycles. The van der Waals surface area contributed by atoms with Crippen LogP contribution in [0.2, 0.25) is 0 Å². The zero-order valence-corrected chi connectivity index (χ0v) is 11.3.